The minimum absolute atomic E-state index is 0.0489. The molecule has 0 amide bonds. The highest BCUT2D eigenvalue weighted by molar-refractivity contribution is 7.74. The summed E-state index contributed by atoms with van der Waals surface area (Å²) in [5.41, 5.74) is 0.674. The maximum Gasteiger partial charge on any atom is 0.344 e. The van der Waals surface area contributed by atoms with Crippen LogP contribution in [0.15, 0.2) is 24.3 Å². The lowest BCUT2D eigenvalue weighted by atomic mass is 9.99. The van der Waals surface area contributed by atoms with E-state index in [0.717, 1.165) is 128 Å². The van der Waals surface area contributed by atoms with Crippen molar-refractivity contribution in [2.24, 2.45) is 0 Å². The van der Waals surface area contributed by atoms with Crippen molar-refractivity contribution < 1.29 is 37.7 Å². The van der Waals surface area contributed by atoms with Gasteiger partial charge in [0.15, 0.2) is 13.2 Å². The van der Waals surface area contributed by atoms with E-state index in [1.807, 2.05) is 12.1 Å². The Hall–Kier alpha value is -1.98. The Morgan fingerprint density at radius 2 is 0.804 bits per heavy atom. The number of benzene rings is 2. The molecule has 0 N–H and O–H groups in total. The van der Waals surface area contributed by atoms with Crippen molar-refractivity contribution in [3.05, 3.63) is 34.3 Å². The first-order chi connectivity index (χ1) is 27.1. The maximum absolute atomic E-state index is 16.7. The SMILES string of the molecule is CCOC(=O)COc1c(Cl)ccc(P(=O)(C2CCCCC2)C2CCCCC2)c1-c1c(P(=O)(C2CCCCC2)C2CCCCC2)ccc(Cl)c1OCC(=O)OCC. The second-order valence-electron chi connectivity index (χ2n) is 16.3. The van der Waals surface area contributed by atoms with Gasteiger partial charge < -0.3 is 28.1 Å². The van der Waals surface area contributed by atoms with Crippen LogP contribution < -0.4 is 20.1 Å². The molecule has 0 bridgehead atoms. The van der Waals surface area contributed by atoms with Gasteiger partial charge in [-0.25, -0.2) is 9.59 Å². The minimum atomic E-state index is -3.29. The molecule has 12 heteroatoms. The molecule has 0 saturated heterocycles. The lowest BCUT2D eigenvalue weighted by Gasteiger charge is -2.41. The van der Waals surface area contributed by atoms with Crippen molar-refractivity contribution in [3.63, 3.8) is 0 Å². The Labute approximate surface area is 344 Å². The maximum atomic E-state index is 16.7. The zero-order valence-corrected chi connectivity index (χ0v) is 36.8. The van der Waals surface area contributed by atoms with Crippen LogP contribution in [-0.4, -0.2) is 61.0 Å². The van der Waals surface area contributed by atoms with Gasteiger partial charge in [-0.2, -0.15) is 0 Å². The molecule has 2 aromatic rings. The van der Waals surface area contributed by atoms with E-state index in [1.165, 1.54) is 0 Å². The minimum Gasteiger partial charge on any atom is -0.480 e. The first kappa shape index (κ1) is 43.6. The monoisotopic (exact) mass is 850 g/mol. The fourth-order valence-corrected chi connectivity index (χ4v) is 19.8. The van der Waals surface area contributed by atoms with Gasteiger partial charge in [0, 0.05) is 44.4 Å². The first-order valence-corrected chi connectivity index (χ1v) is 26.0. The molecule has 0 aromatic heterocycles. The third-order valence-corrected chi connectivity index (χ3v) is 22.2. The number of hydrogen-bond donors (Lipinski definition) is 0. The molecule has 0 radical (unpaired) electrons. The van der Waals surface area contributed by atoms with Crippen LogP contribution in [-0.2, 0) is 28.2 Å². The summed E-state index contributed by atoms with van der Waals surface area (Å²) in [5, 5.41) is 1.70. The third-order valence-electron chi connectivity index (χ3n) is 12.9. The first-order valence-electron chi connectivity index (χ1n) is 21.6. The van der Waals surface area contributed by atoms with Crippen LogP contribution in [0.1, 0.15) is 142 Å². The van der Waals surface area contributed by atoms with Gasteiger partial charge in [-0.3, -0.25) is 0 Å². The van der Waals surface area contributed by atoms with Gasteiger partial charge in [-0.1, -0.05) is 100 Å². The van der Waals surface area contributed by atoms with Gasteiger partial charge in [0.25, 0.3) is 0 Å². The Balaban J connectivity index is 1.71. The summed E-state index contributed by atoms with van der Waals surface area (Å²) in [5.74, 6) is -0.787. The van der Waals surface area contributed by atoms with Crippen LogP contribution in [0.5, 0.6) is 11.5 Å². The summed E-state index contributed by atoms with van der Waals surface area (Å²) in [6.45, 7) is 2.97. The van der Waals surface area contributed by atoms with Gasteiger partial charge >= 0.3 is 11.9 Å². The quantitative estimate of drug-likeness (QED) is 0.129. The van der Waals surface area contributed by atoms with E-state index in [4.69, 9.17) is 42.1 Å². The Bertz CT molecular complexity index is 1590. The summed E-state index contributed by atoms with van der Waals surface area (Å²) in [7, 11) is -6.57. The summed E-state index contributed by atoms with van der Waals surface area (Å²) >= 11 is 14.3. The van der Waals surface area contributed by atoms with Crippen LogP contribution in [0.2, 0.25) is 10.0 Å². The second kappa shape index (κ2) is 20.3. The average Bonchev–Trinajstić information content (AvgIpc) is 3.23. The van der Waals surface area contributed by atoms with E-state index in [0.29, 0.717) is 21.7 Å². The zero-order chi connectivity index (χ0) is 39.7. The Morgan fingerprint density at radius 3 is 1.07 bits per heavy atom. The molecule has 4 fully saturated rings. The summed E-state index contributed by atoms with van der Waals surface area (Å²) in [6.07, 6.45) is 19.3. The summed E-state index contributed by atoms with van der Waals surface area (Å²) in [6, 6.07) is 7.30. The van der Waals surface area contributed by atoms with E-state index in [1.54, 1.807) is 26.0 Å². The van der Waals surface area contributed by atoms with Crippen molar-refractivity contribution >= 4 is 60.0 Å². The standard InChI is InChI=1S/C44H62Cl2O8P2/c1-3-51-39(47)29-53-43-35(45)25-27-37(55(49,31-17-9-5-10-18-31)32-19-11-6-12-20-32)41(43)42-38(28-26-36(46)44(42)54-30-40(48)52-4-2)56(50,33-21-13-7-14-22-33)34-23-15-8-16-24-34/h25-28,31-34H,3-24,29-30H2,1-2H3. The largest absolute Gasteiger partial charge is 0.480 e. The molecule has 56 heavy (non-hydrogen) atoms. The number of hydrogen-bond acceptors (Lipinski definition) is 8. The van der Waals surface area contributed by atoms with E-state index in [-0.39, 0.29) is 57.4 Å². The van der Waals surface area contributed by atoms with E-state index in [2.05, 4.69) is 0 Å². The molecule has 4 aliphatic rings. The third kappa shape index (κ3) is 9.40. The van der Waals surface area contributed by atoms with Gasteiger partial charge in [-0.15, -0.1) is 0 Å². The number of carbonyl (C=O) groups excluding carboxylic acids is 2. The lowest BCUT2D eigenvalue weighted by Crippen LogP contribution is -2.33. The average molecular weight is 852 g/mol. The van der Waals surface area contributed by atoms with Crippen LogP contribution in [0.25, 0.3) is 11.1 Å². The fraction of sp³-hybridized carbons (Fsp3) is 0.682. The van der Waals surface area contributed by atoms with E-state index < -0.39 is 39.4 Å². The van der Waals surface area contributed by atoms with Crippen molar-refractivity contribution in [2.75, 3.05) is 26.4 Å². The topological polar surface area (TPSA) is 105 Å². The fourth-order valence-electron chi connectivity index (χ4n) is 10.4. The van der Waals surface area contributed by atoms with Gasteiger partial charge in [0.05, 0.1) is 23.3 Å². The molecule has 0 heterocycles. The molecule has 310 valence electrons. The highest BCUT2D eigenvalue weighted by Crippen LogP contribution is 2.67. The van der Waals surface area contributed by atoms with Crippen LogP contribution in [0.3, 0.4) is 0 Å². The predicted molar refractivity (Wildman–Crippen MR) is 228 cm³/mol. The van der Waals surface area contributed by atoms with Crippen LogP contribution in [0, 0.1) is 0 Å². The molecule has 6 rings (SSSR count). The van der Waals surface area contributed by atoms with E-state index >= 15 is 9.13 Å². The molecule has 2 aromatic carbocycles. The normalized spacial score (nSPS) is 19.7. The number of rotatable bonds is 15. The van der Waals surface area contributed by atoms with Crippen molar-refractivity contribution in [1.82, 2.24) is 0 Å². The Morgan fingerprint density at radius 1 is 0.518 bits per heavy atom. The molecule has 0 aliphatic heterocycles. The summed E-state index contributed by atoms with van der Waals surface area (Å²) in [4.78, 5) is 25.9. The molecule has 0 unspecified atom stereocenters. The van der Waals surface area contributed by atoms with Gasteiger partial charge in [-0.05, 0) is 89.5 Å². The Kier molecular flexibility index (Phi) is 15.8. The summed E-state index contributed by atoms with van der Waals surface area (Å²) < 4.78 is 57.0. The number of carbonyl (C=O) groups is 2. The second-order valence-corrected chi connectivity index (χ2v) is 23.9. The number of esters is 2. The van der Waals surface area contributed by atoms with Gasteiger partial charge in [0.2, 0.25) is 0 Å². The van der Waals surface area contributed by atoms with Crippen LogP contribution in [0.4, 0.5) is 0 Å². The van der Waals surface area contributed by atoms with Crippen LogP contribution >= 0.6 is 37.5 Å². The molecular weight excluding hydrogens is 789 g/mol. The smallest absolute Gasteiger partial charge is 0.344 e. The van der Waals surface area contributed by atoms with E-state index in [9.17, 15) is 9.59 Å². The van der Waals surface area contributed by atoms with Gasteiger partial charge in [0.1, 0.15) is 25.8 Å². The molecule has 0 spiro atoms. The number of ether oxygens (including phenoxy) is 4. The molecule has 4 saturated carbocycles. The molecular formula is C44H62Cl2O8P2. The molecule has 4 aliphatic carbocycles. The zero-order valence-electron chi connectivity index (χ0n) is 33.5. The highest BCUT2D eigenvalue weighted by atomic mass is 35.5. The predicted octanol–water partition coefficient (Wildman–Crippen LogP) is 11.9. The number of halogens is 2. The highest BCUT2D eigenvalue weighted by Gasteiger charge is 2.49. The van der Waals surface area contributed by atoms with Crippen molar-refractivity contribution in [2.45, 2.75) is 165 Å². The van der Waals surface area contributed by atoms with Crippen molar-refractivity contribution in [1.29, 1.82) is 0 Å². The molecule has 0 atom stereocenters. The lowest BCUT2D eigenvalue weighted by molar-refractivity contribution is -0.146. The van der Waals surface area contributed by atoms with Crippen molar-refractivity contribution in [3.8, 4) is 22.6 Å². The molecule has 8 nitrogen and oxygen atoms in total.